The normalized spacial score (nSPS) is 26.2. The summed E-state index contributed by atoms with van der Waals surface area (Å²) in [6, 6.07) is 4.21. The van der Waals surface area contributed by atoms with Gasteiger partial charge in [0.25, 0.3) is 0 Å². The van der Waals surface area contributed by atoms with E-state index in [1.165, 1.54) is 12.1 Å². The van der Waals surface area contributed by atoms with E-state index in [1.807, 2.05) is 0 Å². The molecule has 3 rings (SSSR count). The van der Waals surface area contributed by atoms with Crippen molar-refractivity contribution in [1.82, 2.24) is 9.62 Å². The maximum Gasteiger partial charge on any atom is 0.573 e. The van der Waals surface area contributed by atoms with Gasteiger partial charge in [0.05, 0.1) is 16.9 Å². The molecule has 2 aliphatic rings. The summed E-state index contributed by atoms with van der Waals surface area (Å²) in [7, 11) is -4.07. The number of rotatable bonds is 5. The SMILES string of the molecule is O=C(N[C@H]1CC[C@H](O)CC1)[C@H]1CCCN(S(=O)(=O)c2cccc(OC(F)(F)F)c2)C1. The van der Waals surface area contributed by atoms with Crippen LogP contribution in [0.15, 0.2) is 29.2 Å². The maximum absolute atomic E-state index is 12.9. The Hall–Kier alpha value is -1.85. The van der Waals surface area contributed by atoms with Crippen LogP contribution in [0, 0.1) is 5.92 Å². The first kappa shape index (κ1) is 22.8. The van der Waals surface area contributed by atoms with Crippen LogP contribution < -0.4 is 10.1 Å². The number of ether oxygens (including phenoxy) is 1. The Morgan fingerprint density at radius 3 is 2.53 bits per heavy atom. The number of aliphatic hydroxyl groups is 1. The average molecular weight is 450 g/mol. The molecule has 1 saturated carbocycles. The minimum Gasteiger partial charge on any atom is -0.406 e. The van der Waals surface area contributed by atoms with Crippen LogP contribution in [0.3, 0.4) is 0 Å². The van der Waals surface area contributed by atoms with Crippen LogP contribution in [0.2, 0.25) is 0 Å². The van der Waals surface area contributed by atoms with E-state index in [0.717, 1.165) is 16.4 Å². The summed E-state index contributed by atoms with van der Waals surface area (Å²) in [5, 5.41) is 12.5. The summed E-state index contributed by atoms with van der Waals surface area (Å²) in [6.07, 6.45) is -1.68. The summed E-state index contributed by atoms with van der Waals surface area (Å²) in [6.45, 7) is 0.153. The minimum absolute atomic E-state index is 0.0339. The van der Waals surface area contributed by atoms with Gasteiger partial charge in [-0.2, -0.15) is 4.31 Å². The molecule has 2 N–H and O–H groups in total. The third-order valence-corrected chi connectivity index (χ3v) is 7.34. The van der Waals surface area contributed by atoms with Gasteiger partial charge in [0, 0.05) is 25.2 Å². The topological polar surface area (TPSA) is 95.9 Å². The van der Waals surface area contributed by atoms with Gasteiger partial charge in [-0.15, -0.1) is 13.2 Å². The molecule has 0 unspecified atom stereocenters. The van der Waals surface area contributed by atoms with Crippen molar-refractivity contribution in [3.8, 4) is 5.75 Å². The second kappa shape index (κ2) is 9.11. The molecule has 0 bridgehead atoms. The van der Waals surface area contributed by atoms with Gasteiger partial charge < -0.3 is 15.2 Å². The summed E-state index contributed by atoms with van der Waals surface area (Å²) < 4.78 is 68.1. The first-order chi connectivity index (χ1) is 14.0. The molecule has 1 aromatic rings. The molecule has 30 heavy (non-hydrogen) atoms. The lowest BCUT2D eigenvalue weighted by molar-refractivity contribution is -0.274. The zero-order valence-electron chi connectivity index (χ0n) is 16.3. The molecule has 0 aromatic heterocycles. The van der Waals surface area contributed by atoms with Crippen LogP contribution in [0.25, 0.3) is 0 Å². The zero-order chi connectivity index (χ0) is 21.9. The van der Waals surface area contributed by atoms with E-state index in [1.54, 1.807) is 0 Å². The number of sulfonamides is 1. The van der Waals surface area contributed by atoms with Gasteiger partial charge in [0.1, 0.15) is 5.75 Å². The summed E-state index contributed by atoms with van der Waals surface area (Å²) in [5.41, 5.74) is 0. The van der Waals surface area contributed by atoms with E-state index in [0.29, 0.717) is 38.5 Å². The Morgan fingerprint density at radius 2 is 1.87 bits per heavy atom. The fourth-order valence-corrected chi connectivity index (χ4v) is 5.45. The van der Waals surface area contributed by atoms with Crippen molar-refractivity contribution in [2.45, 2.75) is 61.9 Å². The molecule has 1 aliphatic heterocycles. The van der Waals surface area contributed by atoms with Crippen LogP contribution in [0.1, 0.15) is 38.5 Å². The quantitative estimate of drug-likeness (QED) is 0.718. The highest BCUT2D eigenvalue weighted by molar-refractivity contribution is 7.89. The van der Waals surface area contributed by atoms with Crippen molar-refractivity contribution in [2.75, 3.05) is 13.1 Å². The highest BCUT2D eigenvalue weighted by Crippen LogP contribution is 2.29. The van der Waals surface area contributed by atoms with E-state index in [9.17, 15) is 31.5 Å². The molecule has 2 fully saturated rings. The number of hydrogen-bond acceptors (Lipinski definition) is 5. The number of alkyl halides is 3. The van der Waals surface area contributed by atoms with Crippen molar-refractivity contribution >= 4 is 15.9 Å². The van der Waals surface area contributed by atoms with Crippen molar-refractivity contribution in [3.63, 3.8) is 0 Å². The van der Waals surface area contributed by atoms with Gasteiger partial charge in [0.2, 0.25) is 15.9 Å². The highest BCUT2D eigenvalue weighted by atomic mass is 32.2. The molecule has 7 nitrogen and oxygen atoms in total. The standard InChI is InChI=1S/C19H25F3N2O5S/c20-19(21,22)29-16-4-1-5-17(11-16)30(27,28)24-10-2-3-13(12-24)18(26)23-14-6-8-15(25)9-7-14/h1,4-5,11,13-15,25H,2-3,6-10,12H2,(H,23,26)/t13-,14-,15-/m0/s1. The Kier molecular flexibility index (Phi) is 6.93. The molecule has 0 radical (unpaired) electrons. The smallest absolute Gasteiger partial charge is 0.406 e. The molecule has 11 heteroatoms. The Balaban J connectivity index is 1.66. The number of aliphatic hydroxyl groups excluding tert-OH is 1. The highest BCUT2D eigenvalue weighted by Gasteiger charge is 2.35. The second-order valence-corrected chi connectivity index (χ2v) is 9.68. The number of nitrogens with one attached hydrogen (secondary N) is 1. The molecule has 1 aliphatic carbocycles. The molecule has 1 atom stereocenters. The van der Waals surface area contributed by atoms with Gasteiger partial charge in [-0.1, -0.05) is 6.07 Å². The summed E-state index contributed by atoms with van der Waals surface area (Å²) in [4.78, 5) is 12.3. The van der Waals surface area contributed by atoms with Crippen LogP contribution in [-0.4, -0.2) is 55.3 Å². The number of halogens is 3. The van der Waals surface area contributed by atoms with Crippen molar-refractivity contribution in [3.05, 3.63) is 24.3 Å². The minimum atomic E-state index is -4.92. The first-order valence-electron chi connectivity index (χ1n) is 9.89. The fraction of sp³-hybridized carbons (Fsp3) is 0.632. The van der Waals surface area contributed by atoms with Crippen molar-refractivity contribution in [1.29, 1.82) is 0 Å². The molecular formula is C19H25F3N2O5S. The van der Waals surface area contributed by atoms with Crippen LogP contribution in [0.4, 0.5) is 13.2 Å². The van der Waals surface area contributed by atoms with Gasteiger partial charge in [-0.05, 0) is 50.7 Å². The number of amides is 1. The average Bonchev–Trinajstić information content (AvgIpc) is 2.69. The summed E-state index contributed by atoms with van der Waals surface area (Å²) >= 11 is 0. The number of carbonyl (C=O) groups excluding carboxylic acids is 1. The second-order valence-electron chi connectivity index (χ2n) is 7.74. The predicted octanol–water partition coefficient (Wildman–Crippen LogP) is 2.41. The lowest BCUT2D eigenvalue weighted by Gasteiger charge is -2.33. The van der Waals surface area contributed by atoms with E-state index in [2.05, 4.69) is 10.1 Å². The number of carbonyl (C=O) groups is 1. The van der Waals surface area contributed by atoms with E-state index < -0.39 is 28.1 Å². The lowest BCUT2D eigenvalue weighted by Crippen LogP contribution is -2.48. The first-order valence-corrected chi connectivity index (χ1v) is 11.3. The molecule has 0 spiro atoms. The zero-order valence-corrected chi connectivity index (χ0v) is 17.1. The third kappa shape index (κ3) is 5.86. The molecule has 1 aromatic carbocycles. The Bertz CT molecular complexity index is 854. The van der Waals surface area contributed by atoms with Gasteiger partial charge in [0.15, 0.2) is 0 Å². The molecule has 1 saturated heterocycles. The van der Waals surface area contributed by atoms with E-state index in [-0.39, 0.29) is 36.0 Å². The van der Waals surface area contributed by atoms with Gasteiger partial charge >= 0.3 is 6.36 Å². The largest absolute Gasteiger partial charge is 0.573 e. The third-order valence-electron chi connectivity index (χ3n) is 5.47. The van der Waals surface area contributed by atoms with Gasteiger partial charge in [-0.25, -0.2) is 8.42 Å². The number of hydrogen-bond donors (Lipinski definition) is 2. The maximum atomic E-state index is 12.9. The number of nitrogens with zero attached hydrogens (tertiary/aromatic N) is 1. The molecular weight excluding hydrogens is 425 g/mol. The predicted molar refractivity (Wildman–Crippen MR) is 101 cm³/mol. The van der Waals surface area contributed by atoms with E-state index in [4.69, 9.17) is 0 Å². The molecule has 168 valence electrons. The Morgan fingerprint density at radius 1 is 1.17 bits per heavy atom. The Labute approximate surface area is 173 Å². The van der Waals surface area contributed by atoms with E-state index >= 15 is 0 Å². The molecule has 1 amide bonds. The van der Waals surface area contributed by atoms with Crippen LogP contribution in [0.5, 0.6) is 5.75 Å². The lowest BCUT2D eigenvalue weighted by atomic mass is 9.92. The van der Waals surface area contributed by atoms with Crippen LogP contribution in [-0.2, 0) is 14.8 Å². The van der Waals surface area contributed by atoms with Gasteiger partial charge in [-0.3, -0.25) is 4.79 Å². The monoisotopic (exact) mass is 450 g/mol. The summed E-state index contributed by atoms with van der Waals surface area (Å²) in [5.74, 6) is -1.38. The number of benzene rings is 1. The van der Waals surface area contributed by atoms with Crippen LogP contribution >= 0.6 is 0 Å². The number of piperidine rings is 1. The molecule has 1 heterocycles. The van der Waals surface area contributed by atoms with Crippen molar-refractivity contribution < 1.29 is 36.2 Å². The van der Waals surface area contributed by atoms with Crippen molar-refractivity contribution in [2.24, 2.45) is 5.92 Å². The fourth-order valence-electron chi connectivity index (χ4n) is 3.89.